The minimum atomic E-state index is -3.53. The van der Waals surface area contributed by atoms with Crippen LogP contribution in [0.15, 0.2) is 28.3 Å². The van der Waals surface area contributed by atoms with Crippen molar-refractivity contribution in [3.8, 4) is 0 Å². The number of rotatable bonds is 9. The first-order valence-corrected chi connectivity index (χ1v) is 12.1. The zero-order valence-corrected chi connectivity index (χ0v) is 18.4. The molecule has 154 valence electrons. The Morgan fingerprint density at radius 1 is 1.32 bits per heavy atom. The number of hydrogen-bond donors (Lipinski definition) is 1. The number of thioether (sulfide) groups is 1. The molecule has 0 aliphatic heterocycles. The molecule has 3 rings (SSSR count). The third-order valence-electron chi connectivity index (χ3n) is 4.92. The number of sulfonamides is 1. The van der Waals surface area contributed by atoms with Gasteiger partial charge in [-0.25, -0.2) is 13.4 Å². The highest BCUT2D eigenvalue weighted by molar-refractivity contribution is 8.00. The van der Waals surface area contributed by atoms with Gasteiger partial charge in [0.15, 0.2) is 5.16 Å². The van der Waals surface area contributed by atoms with Crippen LogP contribution in [0.2, 0.25) is 0 Å². The molecule has 2 aromatic rings. The highest BCUT2D eigenvalue weighted by Gasteiger charge is 2.27. The summed E-state index contributed by atoms with van der Waals surface area (Å²) >= 11 is 1.41. The average Bonchev–Trinajstić information content (AvgIpc) is 3.40. The molecule has 1 aliphatic rings. The molecule has 1 fully saturated rings. The number of nitrogens with zero attached hydrogens (tertiary/aromatic N) is 3. The Kier molecular flexibility index (Phi) is 6.36. The fraction of sp³-hybridized carbons (Fsp3) is 0.579. The van der Waals surface area contributed by atoms with Gasteiger partial charge in [-0.3, -0.25) is 4.79 Å². The van der Waals surface area contributed by atoms with Crippen LogP contribution in [0.4, 0.5) is 0 Å². The van der Waals surface area contributed by atoms with Crippen LogP contribution in [0.5, 0.6) is 0 Å². The molecule has 1 aromatic carbocycles. The minimum Gasteiger partial charge on any atom is -0.352 e. The molecule has 1 amide bonds. The maximum atomic E-state index is 12.8. The van der Waals surface area contributed by atoms with Gasteiger partial charge in [0, 0.05) is 25.7 Å². The van der Waals surface area contributed by atoms with Gasteiger partial charge in [0.1, 0.15) is 0 Å². The van der Waals surface area contributed by atoms with Crippen LogP contribution in [-0.2, 0) is 21.4 Å². The van der Waals surface area contributed by atoms with Crippen molar-refractivity contribution >= 4 is 38.7 Å². The number of hydrogen-bond acceptors (Lipinski definition) is 5. The Bertz CT molecular complexity index is 963. The summed E-state index contributed by atoms with van der Waals surface area (Å²) in [4.78, 5) is 17.2. The Morgan fingerprint density at radius 2 is 2.00 bits per heavy atom. The van der Waals surface area contributed by atoms with Crippen LogP contribution >= 0.6 is 11.8 Å². The van der Waals surface area contributed by atoms with E-state index in [9.17, 15) is 13.2 Å². The second kappa shape index (κ2) is 8.42. The lowest BCUT2D eigenvalue weighted by molar-refractivity contribution is -0.120. The van der Waals surface area contributed by atoms with Gasteiger partial charge in [0.05, 0.1) is 21.2 Å². The van der Waals surface area contributed by atoms with Crippen molar-refractivity contribution in [2.45, 2.75) is 68.4 Å². The smallest absolute Gasteiger partial charge is 0.243 e. The van der Waals surface area contributed by atoms with E-state index in [-0.39, 0.29) is 16.1 Å². The van der Waals surface area contributed by atoms with Crippen molar-refractivity contribution in [3.63, 3.8) is 0 Å². The first-order valence-electron chi connectivity index (χ1n) is 9.79. The van der Waals surface area contributed by atoms with E-state index in [4.69, 9.17) is 0 Å². The predicted octanol–water partition coefficient (Wildman–Crippen LogP) is 2.85. The lowest BCUT2D eigenvalue weighted by Crippen LogP contribution is -2.32. The summed E-state index contributed by atoms with van der Waals surface area (Å²) in [6.07, 6.45) is 2.11. The van der Waals surface area contributed by atoms with Crippen molar-refractivity contribution < 1.29 is 13.2 Å². The highest BCUT2D eigenvalue weighted by Crippen LogP contribution is 2.30. The Morgan fingerprint density at radius 3 is 2.57 bits per heavy atom. The maximum absolute atomic E-state index is 12.8. The lowest BCUT2D eigenvalue weighted by Gasteiger charge is -2.18. The van der Waals surface area contributed by atoms with Crippen molar-refractivity contribution in [1.82, 2.24) is 19.2 Å². The van der Waals surface area contributed by atoms with Crippen LogP contribution in [0.1, 0.15) is 40.5 Å². The quantitative estimate of drug-likeness (QED) is 0.626. The molecule has 0 spiro atoms. The standard InChI is InChI=1S/C19H28N4O3S2/c1-5-22(6-2)28(25,26)15-10-11-17-16(12-15)21-19(23(17)7-3)27-13(4)18(24)20-14-8-9-14/h10-14H,5-9H2,1-4H3,(H,20,24)/t13-/m1/s1. The number of carbonyl (C=O) groups is 1. The molecule has 0 bridgehead atoms. The van der Waals surface area contributed by atoms with E-state index in [1.807, 2.05) is 32.3 Å². The number of fused-ring (bicyclic) bond motifs is 1. The van der Waals surface area contributed by atoms with Gasteiger partial charge in [-0.1, -0.05) is 25.6 Å². The van der Waals surface area contributed by atoms with Crippen LogP contribution < -0.4 is 5.32 Å². The van der Waals surface area contributed by atoms with E-state index in [0.29, 0.717) is 31.2 Å². The first-order chi connectivity index (χ1) is 13.3. The number of imidazole rings is 1. The molecule has 28 heavy (non-hydrogen) atoms. The molecule has 0 saturated heterocycles. The third-order valence-corrected chi connectivity index (χ3v) is 8.06. The number of benzene rings is 1. The number of amides is 1. The molecule has 1 aliphatic carbocycles. The van der Waals surface area contributed by atoms with Gasteiger partial charge in [0.25, 0.3) is 0 Å². The van der Waals surface area contributed by atoms with Crippen LogP contribution in [-0.4, -0.2) is 52.6 Å². The third kappa shape index (κ3) is 4.21. The largest absolute Gasteiger partial charge is 0.352 e. The molecule has 7 nitrogen and oxygen atoms in total. The zero-order chi connectivity index (χ0) is 20.5. The second-order valence-electron chi connectivity index (χ2n) is 6.92. The first kappa shape index (κ1) is 21.1. The molecular formula is C19H28N4O3S2. The monoisotopic (exact) mass is 424 g/mol. The van der Waals surface area contributed by atoms with E-state index in [0.717, 1.165) is 23.5 Å². The van der Waals surface area contributed by atoms with Crippen molar-refractivity contribution in [3.05, 3.63) is 18.2 Å². The normalized spacial score (nSPS) is 15.9. The van der Waals surface area contributed by atoms with Gasteiger partial charge >= 0.3 is 0 Å². The Labute approximate surface area is 170 Å². The summed E-state index contributed by atoms with van der Waals surface area (Å²) in [5, 5.41) is 3.49. The summed E-state index contributed by atoms with van der Waals surface area (Å²) in [6.45, 7) is 9.09. The van der Waals surface area contributed by atoms with Gasteiger partial charge in [-0.05, 0) is 44.9 Å². The second-order valence-corrected chi connectivity index (χ2v) is 10.2. The summed E-state index contributed by atoms with van der Waals surface area (Å²) < 4.78 is 29.1. The summed E-state index contributed by atoms with van der Waals surface area (Å²) in [6, 6.07) is 5.41. The van der Waals surface area contributed by atoms with Crippen LogP contribution in [0, 0.1) is 0 Å². The Balaban J connectivity index is 1.91. The van der Waals surface area contributed by atoms with E-state index in [1.165, 1.54) is 16.1 Å². The van der Waals surface area contributed by atoms with E-state index < -0.39 is 10.0 Å². The molecule has 1 aromatic heterocycles. The summed E-state index contributed by atoms with van der Waals surface area (Å²) in [5.74, 6) is 0.0204. The zero-order valence-electron chi connectivity index (χ0n) is 16.8. The van der Waals surface area contributed by atoms with Gasteiger partial charge in [-0.2, -0.15) is 4.31 Å². The van der Waals surface area contributed by atoms with Crippen molar-refractivity contribution in [1.29, 1.82) is 0 Å². The average molecular weight is 425 g/mol. The lowest BCUT2D eigenvalue weighted by atomic mass is 10.3. The van der Waals surface area contributed by atoms with Crippen molar-refractivity contribution in [2.24, 2.45) is 0 Å². The maximum Gasteiger partial charge on any atom is 0.243 e. The van der Waals surface area contributed by atoms with Crippen molar-refractivity contribution in [2.75, 3.05) is 13.1 Å². The van der Waals surface area contributed by atoms with Crippen LogP contribution in [0.25, 0.3) is 11.0 Å². The summed E-state index contributed by atoms with van der Waals surface area (Å²) in [7, 11) is -3.53. The SMILES string of the molecule is CCN(CC)S(=O)(=O)c1ccc2c(c1)nc(S[C@H](C)C(=O)NC1CC1)n2CC. The molecule has 1 heterocycles. The highest BCUT2D eigenvalue weighted by atomic mass is 32.2. The summed E-state index contributed by atoms with van der Waals surface area (Å²) in [5.41, 5.74) is 1.51. The predicted molar refractivity (Wildman–Crippen MR) is 112 cm³/mol. The molecule has 0 unspecified atom stereocenters. The molecule has 9 heteroatoms. The number of nitrogens with one attached hydrogen (secondary N) is 1. The fourth-order valence-electron chi connectivity index (χ4n) is 3.11. The number of carbonyl (C=O) groups excluding carboxylic acids is 1. The van der Waals surface area contributed by atoms with Crippen LogP contribution in [0.3, 0.4) is 0 Å². The number of aryl methyl sites for hydroxylation is 1. The Hall–Kier alpha value is -1.58. The fourth-order valence-corrected chi connectivity index (χ4v) is 5.59. The van der Waals surface area contributed by atoms with E-state index >= 15 is 0 Å². The molecule has 1 atom stereocenters. The topological polar surface area (TPSA) is 84.3 Å². The molecular weight excluding hydrogens is 396 g/mol. The van der Waals surface area contributed by atoms with Gasteiger partial charge < -0.3 is 9.88 Å². The van der Waals surface area contributed by atoms with E-state index in [1.54, 1.807) is 18.2 Å². The van der Waals surface area contributed by atoms with E-state index in [2.05, 4.69) is 10.3 Å². The minimum absolute atomic E-state index is 0.0204. The van der Waals surface area contributed by atoms with Gasteiger partial charge in [0.2, 0.25) is 15.9 Å². The molecule has 1 saturated carbocycles. The van der Waals surface area contributed by atoms with Gasteiger partial charge in [-0.15, -0.1) is 0 Å². The number of aromatic nitrogens is 2. The molecule has 0 radical (unpaired) electrons. The molecule has 1 N–H and O–H groups in total.